The highest BCUT2D eigenvalue weighted by atomic mass is 19.4. The maximum Gasteiger partial charge on any atom is 0.400 e. The molecule has 9 heteroatoms. The first-order valence-corrected chi connectivity index (χ1v) is 4.55. The van der Waals surface area contributed by atoms with Crippen molar-refractivity contribution in [2.45, 2.75) is 31.7 Å². The Morgan fingerprint density at radius 2 is 1.59 bits per heavy atom. The van der Waals surface area contributed by atoms with Gasteiger partial charge in [0.1, 0.15) is 6.04 Å². The minimum Gasteiger partial charge on any atom is -0.465 e. The maximum absolute atomic E-state index is 12.1. The second-order valence-corrected chi connectivity index (χ2v) is 3.23. The minimum atomic E-state index is -5.50. The van der Waals surface area contributed by atoms with Gasteiger partial charge >= 0.3 is 18.3 Å². The average molecular weight is 267 g/mol. The Balaban J connectivity index is 4.73. The Kier molecular flexibility index (Phi) is 5.24. The van der Waals surface area contributed by atoms with Gasteiger partial charge in [0.05, 0.1) is 6.61 Å². The van der Waals surface area contributed by atoms with Crippen molar-refractivity contribution in [3.05, 3.63) is 0 Å². The van der Waals surface area contributed by atoms with E-state index in [-0.39, 0.29) is 6.61 Å². The number of alkyl halides is 6. The van der Waals surface area contributed by atoms with Crippen LogP contribution >= 0.6 is 0 Å². The van der Waals surface area contributed by atoms with E-state index in [1.54, 1.807) is 0 Å². The lowest BCUT2D eigenvalue weighted by atomic mass is 9.99. The fourth-order valence-corrected chi connectivity index (χ4v) is 1.05. The van der Waals surface area contributed by atoms with Crippen molar-refractivity contribution < 1.29 is 35.9 Å². The summed E-state index contributed by atoms with van der Waals surface area (Å²) in [4.78, 5) is 10.9. The standard InChI is InChI=1S/C8H11F6NO2/c1-2-17-6(16)4(15)3-5(7(9,10)11)8(12,13)14/h4-5H,2-3,15H2,1H3/t4-/m0/s1. The zero-order valence-corrected chi connectivity index (χ0v) is 8.73. The van der Waals surface area contributed by atoms with E-state index < -0.39 is 36.7 Å². The first-order valence-electron chi connectivity index (χ1n) is 4.55. The molecule has 0 amide bonds. The second kappa shape index (κ2) is 5.56. The average Bonchev–Trinajstić information content (AvgIpc) is 2.10. The summed E-state index contributed by atoms with van der Waals surface area (Å²) in [5.74, 6) is -4.92. The van der Waals surface area contributed by atoms with E-state index in [2.05, 4.69) is 4.74 Å². The number of hydrogen-bond donors (Lipinski definition) is 1. The highest BCUT2D eigenvalue weighted by Gasteiger charge is 2.57. The molecule has 0 radical (unpaired) electrons. The van der Waals surface area contributed by atoms with Gasteiger partial charge in [-0.05, 0) is 13.3 Å². The van der Waals surface area contributed by atoms with Crippen LogP contribution < -0.4 is 5.73 Å². The van der Waals surface area contributed by atoms with E-state index in [4.69, 9.17) is 5.73 Å². The smallest absolute Gasteiger partial charge is 0.400 e. The molecule has 0 unspecified atom stereocenters. The Morgan fingerprint density at radius 1 is 1.18 bits per heavy atom. The fourth-order valence-electron chi connectivity index (χ4n) is 1.05. The Hall–Kier alpha value is -0.990. The highest BCUT2D eigenvalue weighted by Crippen LogP contribution is 2.41. The summed E-state index contributed by atoms with van der Waals surface area (Å²) in [6.07, 6.45) is -12.6. The van der Waals surface area contributed by atoms with Gasteiger partial charge in [-0.25, -0.2) is 0 Å². The van der Waals surface area contributed by atoms with Crippen LogP contribution in [0.15, 0.2) is 0 Å². The van der Waals surface area contributed by atoms with Crippen molar-refractivity contribution in [1.29, 1.82) is 0 Å². The van der Waals surface area contributed by atoms with E-state index in [9.17, 15) is 31.1 Å². The lowest BCUT2D eigenvalue weighted by molar-refractivity contribution is -0.286. The zero-order valence-electron chi connectivity index (χ0n) is 8.73. The normalized spacial score (nSPS) is 14.9. The van der Waals surface area contributed by atoms with Crippen molar-refractivity contribution >= 4 is 5.97 Å². The van der Waals surface area contributed by atoms with Crippen molar-refractivity contribution in [3.63, 3.8) is 0 Å². The number of rotatable bonds is 4. The molecule has 0 aliphatic rings. The van der Waals surface area contributed by atoms with Crippen molar-refractivity contribution in [2.75, 3.05) is 6.61 Å². The molecule has 1 atom stereocenters. The van der Waals surface area contributed by atoms with Crippen molar-refractivity contribution in [3.8, 4) is 0 Å². The molecule has 0 bridgehead atoms. The van der Waals surface area contributed by atoms with Crippen LogP contribution in [0.25, 0.3) is 0 Å². The summed E-state index contributed by atoms with van der Waals surface area (Å²) >= 11 is 0. The summed E-state index contributed by atoms with van der Waals surface area (Å²) < 4.78 is 76.8. The Labute approximate surface area is 92.9 Å². The molecule has 3 nitrogen and oxygen atoms in total. The SMILES string of the molecule is CCOC(=O)[C@@H](N)CC(C(F)(F)F)C(F)(F)F. The van der Waals surface area contributed by atoms with Crippen LogP contribution in [0.5, 0.6) is 0 Å². The Morgan fingerprint density at radius 3 is 1.88 bits per heavy atom. The monoisotopic (exact) mass is 267 g/mol. The minimum absolute atomic E-state index is 0.171. The van der Waals surface area contributed by atoms with Crippen molar-refractivity contribution in [1.82, 2.24) is 0 Å². The molecule has 102 valence electrons. The third kappa shape index (κ3) is 5.24. The highest BCUT2D eigenvalue weighted by molar-refractivity contribution is 5.75. The summed E-state index contributed by atoms with van der Waals surface area (Å²) in [5.41, 5.74) is 4.92. The largest absolute Gasteiger partial charge is 0.465 e. The van der Waals surface area contributed by atoms with Crippen LogP contribution in [-0.2, 0) is 9.53 Å². The predicted molar refractivity (Wildman–Crippen MR) is 44.8 cm³/mol. The molecule has 2 N–H and O–H groups in total. The van der Waals surface area contributed by atoms with Crippen LogP contribution in [0.1, 0.15) is 13.3 Å². The van der Waals surface area contributed by atoms with Crippen molar-refractivity contribution in [2.24, 2.45) is 11.7 Å². The molecule has 0 aliphatic carbocycles. The van der Waals surface area contributed by atoms with Gasteiger partial charge in [-0.2, -0.15) is 26.3 Å². The topological polar surface area (TPSA) is 52.3 Å². The van der Waals surface area contributed by atoms with E-state index in [0.29, 0.717) is 0 Å². The van der Waals surface area contributed by atoms with Gasteiger partial charge < -0.3 is 10.5 Å². The van der Waals surface area contributed by atoms with Gasteiger partial charge in [0, 0.05) is 0 Å². The fraction of sp³-hybridized carbons (Fsp3) is 0.875. The number of carbonyl (C=O) groups excluding carboxylic acids is 1. The van der Waals surface area contributed by atoms with Gasteiger partial charge in [0.2, 0.25) is 0 Å². The molecule has 0 saturated heterocycles. The number of halogens is 6. The van der Waals surface area contributed by atoms with Gasteiger partial charge in [-0.15, -0.1) is 0 Å². The predicted octanol–water partition coefficient (Wildman–Crippen LogP) is 2.01. The molecule has 0 fully saturated rings. The first-order chi connectivity index (χ1) is 7.50. The van der Waals surface area contributed by atoms with Gasteiger partial charge in [-0.1, -0.05) is 0 Å². The maximum atomic E-state index is 12.1. The number of ether oxygens (including phenoxy) is 1. The van der Waals surface area contributed by atoms with Gasteiger partial charge in [0.15, 0.2) is 5.92 Å². The summed E-state index contributed by atoms with van der Waals surface area (Å²) in [7, 11) is 0. The molecule has 0 rings (SSSR count). The molecular weight excluding hydrogens is 256 g/mol. The van der Waals surface area contributed by atoms with E-state index in [0.717, 1.165) is 0 Å². The molecule has 0 saturated carbocycles. The lowest BCUT2D eigenvalue weighted by Crippen LogP contribution is -2.44. The number of hydrogen-bond acceptors (Lipinski definition) is 3. The summed E-state index contributed by atoms with van der Waals surface area (Å²) in [5, 5.41) is 0. The number of carbonyl (C=O) groups is 1. The first kappa shape index (κ1) is 16.0. The third-order valence-corrected chi connectivity index (χ3v) is 1.87. The van der Waals surface area contributed by atoms with Crippen LogP contribution in [0.3, 0.4) is 0 Å². The van der Waals surface area contributed by atoms with Crippen LogP contribution in [0.4, 0.5) is 26.3 Å². The number of nitrogens with two attached hydrogens (primary N) is 1. The van der Waals surface area contributed by atoms with Crippen LogP contribution in [0.2, 0.25) is 0 Å². The van der Waals surface area contributed by atoms with E-state index in [1.807, 2.05) is 0 Å². The van der Waals surface area contributed by atoms with Gasteiger partial charge in [0.25, 0.3) is 0 Å². The van der Waals surface area contributed by atoms with Crippen LogP contribution in [0, 0.1) is 5.92 Å². The lowest BCUT2D eigenvalue weighted by Gasteiger charge is -2.24. The molecular formula is C8H11F6NO2. The molecule has 0 spiro atoms. The van der Waals surface area contributed by atoms with E-state index >= 15 is 0 Å². The molecule has 0 aromatic heterocycles. The molecule has 0 aliphatic heterocycles. The summed E-state index contributed by atoms with van der Waals surface area (Å²) in [6.45, 7) is 1.19. The van der Waals surface area contributed by atoms with E-state index in [1.165, 1.54) is 6.92 Å². The number of esters is 1. The van der Waals surface area contributed by atoms with Gasteiger partial charge in [-0.3, -0.25) is 4.79 Å². The second-order valence-electron chi connectivity index (χ2n) is 3.23. The zero-order chi connectivity index (χ0) is 13.9. The molecule has 0 aromatic rings. The summed E-state index contributed by atoms with van der Waals surface area (Å²) in [6, 6.07) is -1.96. The Bertz CT molecular complexity index is 248. The quantitative estimate of drug-likeness (QED) is 0.626. The molecule has 17 heavy (non-hydrogen) atoms. The molecule has 0 aromatic carbocycles. The van der Waals surface area contributed by atoms with Crippen LogP contribution in [-0.4, -0.2) is 31.0 Å². The molecule has 0 heterocycles. The third-order valence-electron chi connectivity index (χ3n) is 1.87.